The van der Waals surface area contributed by atoms with Crippen LogP contribution in [0.2, 0.25) is 0 Å². The third-order valence-corrected chi connectivity index (χ3v) is 3.93. The van der Waals surface area contributed by atoms with Crippen molar-refractivity contribution in [2.45, 2.75) is 12.8 Å². The number of aromatic carboxylic acids is 1. The van der Waals surface area contributed by atoms with Gasteiger partial charge in [-0.15, -0.1) is 0 Å². The first-order valence-electron chi connectivity index (χ1n) is 5.88. The fraction of sp³-hybridized carbons (Fsp3) is 0.308. The number of aromatic nitrogens is 1. The quantitative estimate of drug-likeness (QED) is 0.875. The second-order valence-electron chi connectivity index (χ2n) is 4.64. The van der Waals surface area contributed by atoms with Gasteiger partial charge in [0.15, 0.2) is 0 Å². The zero-order chi connectivity index (χ0) is 14.0. The molecule has 2 N–H and O–H groups in total. The van der Waals surface area contributed by atoms with E-state index in [2.05, 4.69) is 4.98 Å². The minimum Gasteiger partial charge on any atom is -0.477 e. The summed E-state index contributed by atoms with van der Waals surface area (Å²) in [7, 11) is -2.93. The number of rotatable bonds is 5. The van der Waals surface area contributed by atoms with Crippen LogP contribution in [-0.2, 0) is 16.3 Å². The number of hydrogen-bond donors (Lipinski definition) is 2. The van der Waals surface area contributed by atoms with Crippen molar-refractivity contribution in [2.24, 2.45) is 0 Å². The zero-order valence-electron chi connectivity index (χ0n) is 10.5. The van der Waals surface area contributed by atoms with Crippen LogP contribution >= 0.6 is 0 Å². The minimum absolute atomic E-state index is 0.156. The van der Waals surface area contributed by atoms with Gasteiger partial charge >= 0.3 is 5.97 Å². The van der Waals surface area contributed by atoms with Gasteiger partial charge in [0.1, 0.15) is 15.5 Å². The molecule has 0 radical (unpaired) electrons. The molecule has 0 bridgehead atoms. The molecule has 0 aliphatic rings. The Kier molecular flexibility index (Phi) is 3.61. The Bertz CT molecular complexity index is 715. The molecule has 2 rings (SSSR count). The fourth-order valence-corrected chi connectivity index (χ4v) is 2.66. The first-order valence-corrected chi connectivity index (χ1v) is 7.94. The first-order chi connectivity index (χ1) is 8.85. The van der Waals surface area contributed by atoms with Gasteiger partial charge in [-0.25, -0.2) is 13.2 Å². The molecule has 1 aromatic carbocycles. The highest BCUT2D eigenvalue weighted by molar-refractivity contribution is 7.90. The van der Waals surface area contributed by atoms with E-state index < -0.39 is 15.8 Å². The van der Waals surface area contributed by atoms with Gasteiger partial charge in [-0.3, -0.25) is 0 Å². The molecule has 0 aliphatic heterocycles. The Morgan fingerprint density at radius 2 is 2.05 bits per heavy atom. The molecule has 0 amide bonds. The van der Waals surface area contributed by atoms with Crippen molar-refractivity contribution in [1.29, 1.82) is 0 Å². The smallest absolute Gasteiger partial charge is 0.352 e. The Hall–Kier alpha value is -1.82. The highest BCUT2D eigenvalue weighted by Crippen LogP contribution is 2.18. The lowest BCUT2D eigenvalue weighted by Crippen LogP contribution is -2.03. The van der Waals surface area contributed by atoms with E-state index in [1.54, 1.807) is 6.07 Å². The van der Waals surface area contributed by atoms with E-state index in [0.717, 1.165) is 16.5 Å². The molecule has 2 aromatic rings. The highest BCUT2D eigenvalue weighted by atomic mass is 32.2. The number of aryl methyl sites for hydroxylation is 1. The van der Waals surface area contributed by atoms with Crippen LogP contribution in [0, 0.1) is 0 Å². The lowest BCUT2D eigenvalue weighted by molar-refractivity contribution is 0.0691. The third-order valence-electron chi connectivity index (χ3n) is 2.90. The molecular weight excluding hydrogens is 266 g/mol. The average Bonchev–Trinajstić information content (AvgIpc) is 2.70. The molecule has 1 aromatic heterocycles. The summed E-state index contributed by atoms with van der Waals surface area (Å²) in [5.41, 5.74) is 1.93. The summed E-state index contributed by atoms with van der Waals surface area (Å²) in [5.74, 6) is -0.826. The van der Waals surface area contributed by atoms with Gasteiger partial charge in [-0.2, -0.15) is 0 Å². The van der Waals surface area contributed by atoms with Crippen molar-refractivity contribution < 1.29 is 18.3 Å². The Morgan fingerprint density at radius 3 is 2.68 bits per heavy atom. The van der Waals surface area contributed by atoms with Crippen molar-refractivity contribution >= 4 is 26.7 Å². The van der Waals surface area contributed by atoms with Crippen molar-refractivity contribution in [3.8, 4) is 0 Å². The van der Waals surface area contributed by atoms with E-state index in [-0.39, 0.29) is 11.4 Å². The molecule has 1 heterocycles. The van der Waals surface area contributed by atoms with E-state index in [9.17, 15) is 13.2 Å². The molecule has 0 unspecified atom stereocenters. The molecule has 0 saturated heterocycles. The van der Waals surface area contributed by atoms with E-state index in [0.29, 0.717) is 12.8 Å². The maximum absolute atomic E-state index is 11.0. The molecule has 6 heteroatoms. The van der Waals surface area contributed by atoms with Crippen molar-refractivity contribution in [1.82, 2.24) is 4.98 Å². The third kappa shape index (κ3) is 3.57. The molecule has 0 aliphatic carbocycles. The van der Waals surface area contributed by atoms with Crippen molar-refractivity contribution in [3.05, 3.63) is 35.5 Å². The molecule has 102 valence electrons. The largest absolute Gasteiger partial charge is 0.477 e. The summed E-state index contributed by atoms with van der Waals surface area (Å²) >= 11 is 0. The first kappa shape index (κ1) is 13.6. The number of hydrogen-bond acceptors (Lipinski definition) is 3. The van der Waals surface area contributed by atoms with E-state index >= 15 is 0 Å². The average molecular weight is 281 g/mol. The Morgan fingerprint density at radius 1 is 1.32 bits per heavy atom. The number of carboxylic acid groups (broad SMARTS) is 1. The molecular formula is C13H15NO4S. The summed E-state index contributed by atoms with van der Waals surface area (Å²) in [6.07, 6.45) is 2.46. The topological polar surface area (TPSA) is 87.2 Å². The maximum atomic E-state index is 11.0. The van der Waals surface area contributed by atoms with Gasteiger partial charge in [-0.1, -0.05) is 6.07 Å². The molecule has 19 heavy (non-hydrogen) atoms. The summed E-state index contributed by atoms with van der Waals surface area (Å²) in [5, 5.41) is 9.72. The standard InChI is InChI=1S/C13H15NO4S/c1-19(17,18)6-2-3-9-4-5-11-10(7-9)8-12(14-11)13(15)16/h4-5,7-8,14H,2-3,6H2,1H3,(H,15,16). The van der Waals surface area contributed by atoms with E-state index in [4.69, 9.17) is 5.11 Å². The second kappa shape index (κ2) is 5.05. The molecule has 0 spiro atoms. The van der Waals surface area contributed by atoms with Crippen LogP contribution < -0.4 is 0 Å². The molecule has 0 atom stereocenters. The monoisotopic (exact) mass is 281 g/mol. The number of sulfone groups is 1. The number of benzene rings is 1. The molecule has 0 saturated carbocycles. The van der Waals surface area contributed by atoms with Crippen LogP contribution in [-0.4, -0.2) is 36.5 Å². The van der Waals surface area contributed by atoms with Gasteiger partial charge < -0.3 is 10.1 Å². The predicted molar refractivity (Wildman–Crippen MR) is 73.3 cm³/mol. The van der Waals surface area contributed by atoms with E-state index in [1.807, 2.05) is 18.2 Å². The summed E-state index contributed by atoms with van der Waals surface area (Å²) in [6, 6.07) is 7.17. The van der Waals surface area contributed by atoms with Gasteiger partial charge in [0.25, 0.3) is 0 Å². The summed E-state index contributed by atoms with van der Waals surface area (Å²) < 4.78 is 22.1. The molecule has 0 fully saturated rings. The van der Waals surface area contributed by atoms with Gasteiger partial charge in [0.05, 0.1) is 5.75 Å². The fourth-order valence-electron chi connectivity index (χ4n) is 1.99. The van der Waals surface area contributed by atoms with Crippen LogP contribution in [0.4, 0.5) is 0 Å². The maximum Gasteiger partial charge on any atom is 0.352 e. The van der Waals surface area contributed by atoms with Crippen LogP contribution in [0.1, 0.15) is 22.5 Å². The molecule has 5 nitrogen and oxygen atoms in total. The number of carbonyl (C=O) groups is 1. The number of aromatic amines is 1. The Labute approximate surface area is 111 Å². The highest BCUT2D eigenvalue weighted by Gasteiger charge is 2.08. The van der Waals surface area contributed by atoms with Gasteiger partial charge in [0, 0.05) is 17.2 Å². The number of fused-ring (bicyclic) bond motifs is 1. The minimum atomic E-state index is -2.93. The van der Waals surface area contributed by atoms with Gasteiger partial charge in [-0.05, 0) is 36.6 Å². The normalized spacial score (nSPS) is 11.8. The zero-order valence-corrected chi connectivity index (χ0v) is 11.3. The number of carboxylic acids is 1. The van der Waals surface area contributed by atoms with Crippen molar-refractivity contribution in [2.75, 3.05) is 12.0 Å². The number of H-pyrrole nitrogens is 1. The SMILES string of the molecule is CS(=O)(=O)CCCc1ccc2[nH]c(C(=O)O)cc2c1. The predicted octanol–water partition coefficient (Wildman–Crippen LogP) is 1.84. The van der Waals surface area contributed by atoms with Crippen LogP contribution in [0.5, 0.6) is 0 Å². The second-order valence-corrected chi connectivity index (χ2v) is 6.90. The lowest BCUT2D eigenvalue weighted by atomic mass is 10.1. The number of nitrogens with one attached hydrogen (secondary N) is 1. The van der Waals surface area contributed by atoms with E-state index in [1.165, 1.54) is 6.26 Å². The summed E-state index contributed by atoms with van der Waals surface area (Å²) in [4.78, 5) is 13.6. The lowest BCUT2D eigenvalue weighted by Gasteiger charge is -2.01. The van der Waals surface area contributed by atoms with Crippen molar-refractivity contribution in [3.63, 3.8) is 0 Å². The van der Waals surface area contributed by atoms with Crippen LogP contribution in [0.25, 0.3) is 10.9 Å². The van der Waals surface area contributed by atoms with Crippen LogP contribution in [0.3, 0.4) is 0 Å². The van der Waals surface area contributed by atoms with Gasteiger partial charge in [0.2, 0.25) is 0 Å². The van der Waals surface area contributed by atoms with Crippen LogP contribution in [0.15, 0.2) is 24.3 Å². The summed E-state index contributed by atoms with van der Waals surface area (Å²) in [6.45, 7) is 0. The Balaban J connectivity index is 2.15.